The van der Waals surface area contributed by atoms with E-state index in [-0.39, 0.29) is 21.9 Å². The van der Waals surface area contributed by atoms with Crippen LogP contribution in [0.2, 0.25) is 5.02 Å². The van der Waals surface area contributed by atoms with E-state index in [4.69, 9.17) is 11.6 Å². The van der Waals surface area contributed by atoms with Crippen molar-refractivity contribution in [1.29, 1.82) is 0 Å². The molecule has 0 aliphatic rings. The summed E-state index contributed by atoms with van der Waals surface area (Å²) in [5.41, 5.74) is -0.975. The van der Waals surface area contributed by atoms with Crippen LogP contribution in [0.1, 0.15) is 11.1 Å². The van der Waals surface area contributed by atoms with Crippen molar-refractivity contribution in [3.8, 4) is 5.75 Å². The zero-order valence-corrected chi connectivity index (χ0v) is 14.5. The van der Waals surface area contributed by atoms with Crippen molar-refractivity contribution in [2.45, 2.75) is 5.75 Å². The lowest BCUT2D eigenvalue weighted by Crippen LogP contribution is -2.00. The highest BCUT2D eigenvalue weighted by atomic mass is 35.5. The fourth-order valence-electron chi connectivity index (χ4n) is 2.03. The molecule has 0 fully saturated rings. The monoisotopic (exact) mass is 398 g/mol. The molecule has 2 aromatic carbocycles. The molecule has 2 rings (SSSR count). The molecule has 0 heterocycles. The Bertz CT molecular complexity index is 986. The molecule has 1 N–H and O–H groups in total. The molecule has 0 saturated carbocycles. The molecule has 136 valence electrons. The maximum Gasteiger partial charge on any atom is 0.276 e. The average Bonchev–Trinajstić information content (AvgIpc) is 2.55. The van der Waals surface area contributed by atoms with Crippen LogP contribution in [0, 0.1) is 20.2 Å². The number of nitro groups is 2. The van der Waals surface area contributed by atoms with E-state index in [1.54, 1.807) is 0 Å². The number of hydrogen-bond donors (Lipinski definition) is 1. The topological polar surface area (TPSA) is 141 Å². The Morgan fingerprint density at radius 3 is 2.12 bits per heavy atom. The van der Waals surface area contributed by atoms with Gasteiger partial charge >= 0.3 is 0 Å². The number of sulfone groups is 1. The zero-order chi connectivity index (χ0) is 19.5. The van der Waals surface area contributed by atoms with E-state index >= 15 is 0 Å². The maximum absolute atomic E-state index is 12.1. The summed E-state index contributed by atoms with van der Waals surface area (Å²) in [5.74, 6) is -0.829. The Morgan fingerprint density at radius 2 is 1.62 bits per heavy atom. The van der Waals surface area contributed by atoms with Gasteiger partial charge in [-0.15, -0.1) is 0 Å². The largest absolute Gasteiger partial charge is 0.508 e. The van der Waals surface area contributed by atoms with E-state index in [0.717, 1.165) is 29.7 Å². The highest BCUT2D eigenvalue weighted by Crippen LogP contribution is 2.26. The number of hydrogen-bond acceptors (Lipinski definition) is 7. The van der Waals surface area contributed by atoms with E-state index in [1.807, 2.05) is 0 Å². The molecule has 0 saturated heterocycles. The second-order valence-electron chi connectivity index (χ2n) is 5.18. The summed E-state index contributed by atoms with van der Waals surface area (Å²) in [6, 6.07) is 6.76. The van der Waals surface area contributed by atoms with Gasteiger partial charge in [0.25, 0.3) is 11.4 Å². The molecular formula is C15H11ClN2O7S. The molecule has 0 unspecified atom stereocenters. The van der Waals surface area contributed by atoms with E-state index in [9.17, 15) is 33.8 Å². The summed E-state index contributed by atoms with van der Waals surface area (Å²) >= 11 is 5.68. The van der Waals surface area contributed by atoms with Crippen LogP contribution in [0.5, 0.6) is 5.75 Å². The summed E-state index contributed by atoms with van der Waals surface area (Å²) < 4.78 is 24.3. The molecule has 0 amide bonds. The third kappa shape index (κ3) is 5.01. The standard InChI is InChI=1S/C15H11ClN2O7S/c16-12-2-1-11(15(19)7-12)9-26(24,25)4-3-10-5-13(17(20)21)8-14(6-10)18(22)23/h1-8,19H,9H2. The summed E-state index contributed by atoms with van der Waals surface area (Å²) in [7, 11) is -3.86. The number of nitrogens with zero attached hydrogens (tertiary/aromatic N) is 2. The third-order valence-electron chi connectivity index (χ3n) is 3.22. The van der Waals surface area contributed by atoms with Crippen LogP contribution in [0.25, 0.3) is 6.08 Å². The molecule has 0 atom stereocenters. The SMILES string of the molecule is O=[N+]([O-])c1cc(C=CS(=O)(=O)Cc2ccc(Cl)cc2O)cc([N+](=O)[O-])c1. The predicted molar refractivity (Wildman–Crippen MR) is 94.5 cm³/mol. The highest BCUT2D eigenvalue weighted by Gasteiger charge is 2.16. The van der Waals surface area contributed by atoms with Crippen molar-refractivity contribution in [3.63, 3.8) is 0 Å². The quantitative estimate of drug-likeness (QED) is 0.580. The lowest BCUT2D eigenvalue weighted by atomic mass is 10.2. The van der Waals surface area contributed by atoms with Gasteiger partial charge in [0, 0.05) is 28.1 Å². The van der Waals surface area contributed by atoms with Crippen molar-refractivity contribution in [3.05, 3.63) is 78.2 Å². The Morgan fingerprint density at radius 1 is 1.04 bits per heavy atom. The number of rotatable bonds is 6. The van der Waals surface area contributed by atoms with E-state index in [2.05, 4.69) is 0 Å². The molecule has 0 bridgehead atoms. The van der Waals surface area contributed by atoms with Crippen molar-refractivity contribution < 1.29 is 23.4 Å². The molecule has 0 radical (unpaired) electrons. The first-order valence-electron chi connectivity index (χ1n) is 6.89. The second-order valence-corrected chi connectivity index (χ2v) is 7.50. The Kier molecular flexibility index (Phi) is 5.58. The van der Waals surface area contributed by atoms with Gasteiger partial charge in [-0.3, -0.25) is 20.2 Å². The van der Waals surface area contributed by atoms with Gasteiger partial charge in [0.2, 0.25) is 0 Å². The Balaban J connectivity index is 2.32. The molecule has 9 nitrogen and oxygen atoms in total. The summed E-state index contributed by atoms with van der Waals surface area (Å²) in [4.78, 5) is 20.0. The van der Waals surface area contributed by atoms with Gasteiger partial charge in [0.15, 0.2) is 9.84 Å². The lowest BCUT2D eigenvalue weighted by Gasteiger charge is -2.04. The Hall–Kier alpha value is -2.98. The normalized spacial score (nSPS) is 11.6. The fourth-order valence-corrected chi connectivity index (χ4v) is 3.34. The van der Waals surface area contributed by atoms with Crippen LogP contribution in [0.4, 0.5) is 11.4 Å². The van der Waals surface area contributed by atoms with Crippen molar-refractivity contribution in [1.82, 2.24) is 0 Å². The number of nitro benzene ring substituents is 2. The number of phenols is 1. The number of halogens is 1. The summed E-state index contributed by atoms with van der Waals surface area (Å²) in [6.07, 6.45) is 1.02. The highest BCUT2D eigenvalue weighted by molar-refractivity contribution is 7.93. The van der Waals surface area contributed by atoms with Crippen LogP contribution in [-0.4, -0.2) is 23.4 Å². The molecule has 0 aromatic heterocycles. The molecule has 0 aliphatic heterocycles. The molecule has 0 aliphatic carbocycles. The van der Waals surface area contributed by atoms with E-state index in [1.165, 1.54) is 18.2 Å². The fraction of sp³-hybridized carbons (Fsp3) is 0.0667. The van der Waals surface area contributed by atoms with E-state index < -0.39 is 36.8 Å². The summed E-state index contributed by atoms with van der Waals surface area (Å²) in [5, 5.41) is 32.4. The van der Waals surface area contributed by atoms with Crippen LogP contribution in [-0.2, 0) is 15.6 Å². The van der Waals surface area contributed by atoms with Crippen molar-refractivity contribution in [2.24, 2.45) is 0 Å². The van der Waals surface area contributed by atoms with E-state index in [0.29, 0.717) is 0 Å². The maximum atomic E-state index is 12.1. The van der Waals surface area contributed by atoms with Gasteiger partial charge < -0.3 is 5.11 Å². The van der Waals surface area contributed by atoms with Gasteiger partial charge in [-0.05, 0) is 23.8 Å². The first-order valence-corrected chi connectivity index (χ1v) is 8.99. The van der Waals surface area contributed by atoms with Crippen LogP contribution >= 0.6 is 11.6 Å². The molecule has 26 heavy (non-hydrogen) atoms. The molecule has 2 aromatic rings. The smallest absolute Gasteiger partial charge is 0.276 e. The summed E-state index contributed by atoms with van der Waals surface area (Å²) in [6.45, 7) is 0. The van der Waals surface area contributed by atoms with Crippen molar-refractivity contribution >= 4 is 38.9 Å². The minimum atomic E-state index is -3.86. The minimum absolute atomic E-state index is 0.0187. The molecule has 0 spiro atoms. The van der Waals surface area contributed by atoms with Crippen LogP contribution < -0.4 is 0 Å². The van der Waals surface area contributed by atoms with Crippen LogP contribution in [0.3, 0.4) is 0 Å². The second kappa shape index (κ2) is 7.50. The first kappa shape index (κ1) is 19.3. The average molecular weight is 399 g/mol. The third-order valence-corrected chi connectivity index (χ3v) is 4.72. The van der Waals surface area contributed by atoms with Crippen LogP contribution in [0.15, 0.2) is 41.8 Å². The minimum Gasteiger partial charge on any atom is -0.508 e. The molecule has 11 heteroatoms. The van der Waals surface area contributed by atoms with Gasteiger partial charge in [0.1, 0.15) is 5.75 Å². The lowest BCUT2D eigenvalue weighted by molar-refractivity contribution is -0.394. The first-order chi connectivity index (χ1) is 12.1. The van der Waals surface area contributed by atoms with Gasteiger partial charge in [0.05, 0.1) is 21.7 Å². The number of benzene rings is 2. The van der Waals surface area contributed by atoms with Gasteiger partial charge in [-0.25, -0.2) is 8.42 Å². The number of non-ortho nitro benzene ring substituents is 2. The predicted octanol–water partition coefficient (Wildman–Crippen LogP) is 3.45. The van der Waals surface area contributed by atoms with Gasteiger partial charge in [-0.2, -0.15) is 0 Å². The molecular weight excluding hydrogens is 388 g/mol. The Labute approximate surface area is 152 Å². The number of phenolic OH excluding ortho intramolecular Hbond substituents is 1. The van der Waals surface area contributed by atoms with Crippen molar-refractivity contribution in [2.75, 3.05) is 0 Å². The zero-order valence-electron chi connectivity index (χ0n) is 12.9. The number of aromatic hydroxyl groups is 1. The van der Waals surface area contributed by atoms with Gasteiger partial charge in [-0.1, -0.05) is 17.7 Å².